The average Bonchev–Trinajstić information content (AvgIpc) is 3.49. The largest absolute Gasteiger partial charge is 0.366 e. The summed E-state index contributed by atoms with van der Waals surface area (Å²) in [5, 5.41) is 3.38. The Morgan fingerprint density at radius 1 is 1.25 bits per heavy atom. The molecule has 0 saturated heterocycles. The second-order valence-corrected chi connectivity index (χ2v) is 7.70. The summed E-state index contributed by atoms with van der Waals surface area (Å²) < 4.78 is 13.3. The van der Waals surface area contributed by atoms with E-state index in [9.17, 15) is 14.0 Å². The highest BCUT2D eigenvalue weighted by molar-refractivity contribution is 5.97. The standard InChI is InChI=1S/C21H23FN4O2/c1-11-19(25-18-8-6-15(22)10-24-18)16-9-14(21(23)28)5-7-17(16)26(12(2)27)20(11)13-3-4-13/h5-11,13,19-20H,3-4H2,1-2H3,(H2,23,28)(H,24,25)/t11-,19-,20-/m1/s1. The summed E-state index contributed by atoms with van der Waals surface area (Å²) in [6.07, 6.45) is 3.35. The Morgan fingerprint density at radius 2 is 2.00 bits per heavy atom. The third-order valence-electron chi connectivity index (χ3n) is 5.74. The smallest absolute Gasteiger partial charge is 0.248 e. The molecule has 3 atom stereocenters. The van der Waals surface area contributed by atoms with Crippen LogP contribution < -0.4 is 16.0 Å². The maximum absolute atomic E-state index is 13.3. The molecule has 1 aromatic heterocycles. The van der Waals surface area contributed by atoms with E-state index in [0.717, 1.165) is 30.3 Å². The van der Waals surface area contributed by atoms with Gasteiger partial charge in [0.25, 0.3) is 0 Å². The van der Waals surface area contributed by atoms with E-state index >= 15 is 0 Å². The van der Waals surface area contributed by atoms with Gasteiger partial charge in [-0.2, -0.15) is 0 Å². The van der Waals surface area contributed by atoms with Crippen LogP contribution in [0.5, 0.6) is 0 Å². The van der Waals surface area contributed by atoms with Crippen LogP contribution >= 0.6 is 0 Å². The lowest BCUT2D eigenvalue weighted by molar-refractivity contribution is -0.117. The molecule has 2 aromatic rings. The highest BCUT2D eigenvalue weighted by Gasteiger charge is 2.47. The Kier molecular flexibility index (Phi) is 4.53. The Hall–Kier alpha value is -2.96. The zero-order valence-corrected chi connectivity index (χ0v) is 15.9. The molecule has 3 N–H and O–H groups in total. The fourth-order valence-corrected chi connectivity index (χ4v) is 4.34. The van der Waals surface area contributed by atoms with Crippen molar-refractivity contribution in [2.75, 3.05) is 10.2 Å². The minimum Gasteiger partial charge on any atom is -0.366 e. The van der Waals surface area contributed by atoms with Crippen LogP contribution in [0.15, 0.2) is 36.5 Å². The van der Waals surface area contributed by atoms with Gasteiger partial charge in [-0.1, -0.05) is 6.92 Å². The molecule has 0 radical (unpaired) electrons. The van der Waals surface area contributed by atoms with E-state index in [-0.39, 0.29) is 23.9 Å². The van der Waals surface area contributed by atoms with Gasteiger partial charge in [-0.05, 0) is 54.7 Å². The quantitative estimate of drug-likeness (QED) is 0.850. The van der Waals surface area contributed by atoms with Gasteiger partial charge < -0.3 is 16.0 Å². The highest BCUT2D eigenvalue weighted by atomic mass is 19.1. The lowest BCUT2D eigenvalue weighted by Gasteiger charge is -2.46. The number of anilines is 2. The molecule has 7 heteroatoms. The Bertz CT molecular complexity index is 927. The van der Waals surface area contributed by atoms with Gasteiger partial charge >= 0.3 is 0 Å². The van der Waals surface area contributed by atoms with Gasteiger partial charge in [-0.3, -0.25) is 9.59 Å². The zero-order chi connectivity index (χ0) is 20.0. The van der Waals surface area contributed by atoms with Crippen molar-refractivity contribution in [1.82, 2.24) is 4.98 Å². The van der Waals surface area contributed by atoms with Crippen molar-refractivity contribution >= 4 is 23.3 Å². The Balaban J connectivity index is 1.82. The maximum atomic E-state index is 13.3. The molecule has 6 nitrogen and oxygen atoms in total. The van der Waals surface area contributed by atoms with Crippen molar-refractivity contribution < 1.29 is 14.0 Å². The number of carbonyl (C=O) groups excluding carboxylic acids is 2. The summed E-state index contributed by atoms with van der Waals surface area (Å²) in [5.41, 5.74) is 7.48. The fraction of sp³-hybridized carbons (Fsp3) is 0.381. The van der Waals surface area contributed by atoms with Gasteiger partial charge in [0.1, 0.15) is 11.6 Å². The van der Waals surface area contributed by atoms with Crippen LogP contribution in [0.4, 0.5) is 15.9 Å². The number of primary amides is 1. The Labute approximate surface area is 162 Å². The van der Waals surface area contributed by atoms with Crippen molar-refractivity contribution in [3.05, 3.63) is 53.5 Å². The second-order valence-electron chi connectivity index (χ2n) is 7.70. The van der Waals surface area contributed by atoms with Crippen LogP contribution in [0.1, 0.15) is 48.7 Å². The van der Waals surface area contributed by atoms with E-state index in [1.54, 1.807) is 31.2 Å². The third-order valence-corrected chi connectivity index (χ3v) is 5.74. The van der Waals surface area contributed by atoms with Crippen LogP contribution in [0, 0.1) is 17.7 Å². The molecule has 146 valence electrons. The third kappa shape index (κ3) is 3.21. The lowest BCUT2D eigenvalue weighted by Crippen LogP contribution is -2.51. The molecular formula is C21H23FN4O2. The number of hydrogen-bond acceptors (Lipinski definition) is 4. The van der Waals surface area contributed by atoms with Crippen molar-refractivity contribution in [2.24, 2.45) is 17.6 Å². The Morgan fingerprint density at radius 3 is 2.57 bits per heavy atom. The number of aromatic nitrogens is 1. The van der Waals surface area contributed by atoms with Crippen molar-refractivity contribution in [3.63, 3.8) is 0 Å². The topological polar surface area (TPSA) is 88.3 Å². The van der Waals surface area contributed by atoms with Gasteiger partial charge in [-0.25, -0.2) is 9.37 Å². The normalized spacial score (nSPS) is 23.8. The first-order chi connectivity index (χ1) is 13.4. The van der Waals surface area contributed by atoms with E-state index in [1.165, 1.54) is 6.07 Å². The highest BCUT2D eigenvalue weighted by Crippen LogP contribution is 2.50. The van der Waals surface area contributed by atoms with E-state index < -0.39 is 11.7 Å². The minimum atomic E-state index is -0.521. The molecule has 2 heterocycles. The summed E-state index contributed by atoms with van der Waals surface area (Å²) in [5.74, 6) is 0.118. The zero-order valence-electron chi connectivity index (χ0n) is 15.9. The van der Waals surface area contributed by atoms with E-state index in [4.69, 9.17) is 5.73 Å². The number of nitrogens with one attached hydrogen (secondary N) is 1. The molecular weight excluding hydrogens is 359 g/mol. The van der Waals surface area contributed by atoms with Gasteiger partial charge in [-0.15, -0.1) is 0 Å². The van der Waals surface area contributed by atoms with Crippen LogP contribution in [0.3, 0.4) is 0 Å². The summed E-state index contributed by atoms with van der Waals surface area (Å²) in [6.45, 7) is 3.67. The van der Waals surface area contributed by atoms with Crippen LogP contribution in [-0.2, 0) is 4.79 Å². The molecule has 1 aromatic carbocycles. The van der Waals surface area contributed by atoms with E-state index in [1.807, 2.05) is 4.90 Å². The number of nitrogens with zero attached hydrogens (tertiary/aromatic N) is 2. The monoisotopic (exact) mass is 382 g/mol. The van der Waals surface area contributed by atoms with Crippen molar-refractivity contribution in [1.29, 1.82) is 0 Å². The lowest BCUT2D eigenvalue weighted by atomic mass is 9.79. The summed E-state index contributed by atoms with van der Waals surface area (Å²) in [4.78, 5) is 30.2. The first-order valence-electron chi connectivity index (χ1n) is 9.48. The first kappa shape index (κ1) is 18.4. The van der Waals surface area contributed by atoms with Gasteiger partial charge in [0.05, 0.1) is 12.2 Å². The number of nitrogens with two attached hydrogens (primary N) is 1. The molecule has 0 unspecified atom stereocenters. The van der Waals surface area contributed by atoms with Crippen molar-refractivity contribution in [2.45, 2.75) is 38.8 Å². The van der Waals surface area contributed by atoms with E-state index in [2.05, 4.69) is 17.2 Å². The number of amides is 2. The fourth-order valence-electron chi connectivity index (χ4n) is 4.34. The second kappa shape index (κ2) is 6.89. The van der Waals surface area contributed by atoms with Crippen LogP contribution in [-0.4, -0.2) is 22.8 Å². The SMILES string of the molecule is CC(=O)N1c2ccc(C(N)=O)cc2[C@H](Nc2ccc(F)cn2)[C@@H](C)[C@@H]1C1CC1. The number of benzene rings is 1. The minimum absolute atomic E-state index is 0.0183. The van der Waals surface area contributed by atoms with Gasteiger partial charge in [0.2, 0.25) is 11.8 Å². The molecule has 28 heavy (non-hydrogen) atoms. The number of carbonyl (C=O) groups is 2. The summed E-state index contributed by atoms with van der Waals surface area (Å²) >= 11 is 0. The molecule has 4 rings (SSSR count). The first-order valence-corrected chi connectivity index (χ1v) is 9.48. The number of pyridine rings is 1. The molecule has 1 fully saturated rings. The molecule has 1 saturated carbocycles. The van der Waals surface area contributed by atoms with Crippen molar-refractivity contribution in [3.8, 4) is 0 Å². The molecule has 1 aliphatic heterocycles. The molecule has 2 amide bonds. The maximum Gasteiger partial charge on any atom is 0.248 e. The number of halogens is 1. The average molecular weight is 382 g/mol. The number of fused-ring (bicyclic) bond motifs is 1. The predicted molar refractivity (Wildman–Crippen MR) is 104 cm³/mol. The molecule has 2 aliphatic rings. The van der Waals surface area contributed by atoms with Crippen LogP contribution in [0.2, 0.25) is 0 Å². The number of rotatable bonds is 4. The summed E-state index contributed by atoms with van der Waals surface area (Å²) in [6, 6.07) is 8.01. The molecule has 1 aliphatic carbocycles. The molecule has 0 spiro atoms. The van der Waals surface area contributed by atoms with Crippen LogP contribution in [0.25, 0.3) is 0 Å². The number of hydrogen-bond donors (Lipinski definition) is 2. The molecule has 0 bridgehead atoms. The van der Waals surface area contributed by atoms with Gasteiger partial charge in [0.15, 0.2) is 0 Å². The summed E-state index contributed by atoms with van der Waals surface area (Å²) in [7, 11) is 0. The van der Waals surface area contributed by atoms with Gasteiger partial charge in [0, 0.05) is 30.1 Å². The predicted octanol–water partition coefficient (Wildman–Crippen LogP) is 3.25. The van der Waals surface area contributed by atoms with E-state index in [0.29, 0.717) is 17.3 Å².